The quantitative estimate of drug-likeness (QED) is 0.480. The van der Waals surface area contributed by atoms with E-state index in [-0.39, 0.29) is 11.2 Å². The molecule has 1 heterocycles. The molecular formula is C22H25N3O2S. The molecule has 1 fully saturated rings. The van der Waals surface area contributed by atoms with E-state index in [1.807, 2.05) is 54.6 Å². The van der Waals surface area contributed by atoms with Crippen LogP contribution in [-0.2, 0) is 11.3 Å². The summed E-state index contributed by atoms with van der Waals surface area (Å²) in [7, 11) is 1.64. The summed E-state index contributed by atoms with van der Waals surface area (Å²) in [5, 5.41) is 9.19. The molecule has 0 radical (unpaired) electrons. The Morgan fingerprint density at radius 1 is 1.14 bits per heavy atom. The lowest BCUT2D eigenvalue weighted by atomic mass is 10.1. The van der Waals surface area contributed by atoms with Crippen LogP contribution in [0.3, 0.4) is 0 Å². The molecule has 28 heavy (non-hydrogen) atoms. The van der Waals surface area contributed by atoms with Gasteiger partial charge >= 0.3 is 0 Å². The molecule has 0 spiro atoms. The summed E-state index contributed by atoms with van der Waals surface area (Å²) in [4.78, 5) is 14.6. The van der Waals surface area contributed by atoms with Crippen molar-refractivity contribution in [3.05, 3.63) is 65.7 Å². The lowest BCUT2D eigenvalue weighted by Gasteiger charge is -2.15. The minimum Gasteiger partial charge on any atom is -0.497 e. The molecule has 1 atom stereocenters. The Kier molecular flexibility index (Phi) is 7.25. The largest absolute Gasteiger partial charge is 0.497 e. The molecular weight excluding hydrogens is 370 g/mol. The number of nitrogens with zero attached hydrogens (tertiary/aromatic N) is 3. The van der Waals surface area contributed by atoms with Gasteiger partial charge in [-0.25, -0.2) is 0 Å². The Hall–Kier alpha value is -2.60. The topological polar surface area (TPSA) is 54.3 Å². The third kappa shape index (κ3) is 5.23. The Bertz CT molecular complexity index is 835. The fourth-order valence-electron chi connectivity index (χ4n) is 2.91. The van der Waals surface area contributed by atoms with E-state index in [1.165, 1.54) is 11.8 Å². The van der Waals surface area contributed by atoms with Crippen molar-refractivity contribution in [3.63, 3.8) is 0 Å². The van der Waals surface area contributed by atoms with Gasteiger partial charge in [0.2, 0.25) is 5.91 Å². The van der Waals surface area contributed by atoms with Crippen LogP contribution < -0.4 is 4.74 Å². The highest BCUT2D eigenvalue weighted by atomic mass is 32.2. The first kappa shape index (κ1) is 20.1. The van der Waals surface area contributed by atoms with Crippen molar-refractivity contribution in [2.75, 3.05) is 7.11 Å². The second-order valence-corrected chi connectivity index (χ2v) is 7.73. The Morgan fingerprint density at radius 3 is 2.57 bits per heavy atom. The normalized spacial score (nSPS) is 18.4. The highest BCUT2D eigenvalue weighted by Crippen LogP contribution is 2.32. The van der Waals surface area contributed by atoms with E-state index in [9.17, 15) is 4.79 Å². The first-order chi connectivity index (χ1) is 13.7. The second kappa shape index (κ2) is 10.1. The van der Waals surface area contributed by atoms with Crippen LogP contribution in [0.25, 0.3) is 0 Å². The number of methoxy groups -OCH3 is 1. The predicted octanol–water partition coefficient (Wildman–Crippen LogP) is 4.72. The number of hydrogen-bond donors (Lipinski definition) is 0. The molecule has 3 rings (SSSR count). The van der Waals surface area contributed by atoms with Gasteiger partial charge in [0.15, 0.2) is 5.17 Å². The molecule has 146 valence electrons. The van der Waals surface area contributed by atoms with Crippen molar-refractivity contribution in [2.24, 2.45) is 10.2 Å². The third-order valence-electron chi connectivity index (χ3n) is 4.49. The number of rotatable bonds is 8. The van der Waals surface area contributed by atoms with Gasteiger partial charge in [0, 0.05) is 0 Å². The zero-order chi connectivity index (χ0) is 19.8. The summed E-state index contributed by atoms with van der Waals surface area (Å²) in [6.45, 7) is 2.66. The van der Waals surface area contributed by atoms with Crippen LogP contribution in [0.1, 0.15) is 37.3 Å². The SMILES string of the molecule is CCCC[C@@H]1S/C(=N/N=C\c2ccc(OC)cc2)N(Cc2ccccc2)C1=O. The Labute approximate surface area is 170 Å². The smallest absolute Gasteiger partial charge is 0.242 e. The molecule has 0 aliphatic carbocycles. The molecule has 1 aliphatic rings. The van der Waals surface area contributed by atoms with Crippen LogP contribution in [0, 0.1) is 0 Å². The fourth-order valence-corrected chi connectivity index (χ4v) is 4.05. The van der Waals surface area contributed by atoms with Crippen molar-refractivity contribution in [2.45, 2.75) is 38.0 Å². The van der Waals surface area contributed by atoms with Crippen molar-refractivity contribution >= 4 is 29.1 Å². The Balaban J connectivity index is 1.76. The van der Waals surface area contributed by atoms with E-state index in [0.29, 0.717) is 11.7 Å². The first-order valence-corrected chi connectivity index (χ1v) is 10.4. The summed E-state index contributed by atoms with van der Waals surface area (Å²) in [5.74, 6) is 0.925. The van der Waals surface area contributed by atoms with Gasteiger partial charge in [-0.3, -0.25) is 9.69 Å². The average Bonchev–Trinajstić information content (AvgIpc) is 3.02. The van der Waals surface area contributed by atoms with Crippen LogP contribution in [0.2, 0.25) is 0 Å². The summed E-state index contributed by atoms with van der Waals surface area (Å²) < 4.78 is 5.16. The van der Waals surface area contributed by atoms with Gasteiger partial charge < -0.3 is 4.74 Å². The number of benzene rings is 2. The minimum absolute atomic E-state index is 0.0707. The molecule has 1 saturated heterocycles. The van der Waals surface area contributed by atoms with Crippen LogP contribution in [0.4, 0.5) is 0 Å². The van der Waals surface area contributed by atoms with Gasteiger partial charge in [-0.15, -0.1) is 5.10 Å². The van der Waals surface area contributed by atoms with Crippen molar-refractivity contribution < 1.29 is 9.53 Å². The monoisotopic (exact) mass is 395 g/mol. The van der Waals surface area contributed by atoms with Crippen LogP contribution in [0.15, 0.2) is 64.8 Å². The van der Waals surface area contributed by atoms with Crippen LogP contribution >= 0.6 is 11.8 Å². The molecule has 0 aromatic heterocycles. The molecule has 1 amide bonds. The molecule has 0 saturated carbocycles. The van der Waals surface area contributed by atoms with Gasteiger partial charge in [0.1, 0.15) is 5.75 Å². The van der Waals surface area contributed by atoms with Crippen molar-refractivity contribution in [1.29, 1.82) is 0 Å². The number of thioether (sulfide) groups is 1. The number of amidine groups is 1. The summed E-state index contributed by atoms with van der Waals surface area (Å²) in [6, 6.07) is 17.6. The van der Waals surface area contributed by atoms with E-state index in [1.54, 1.807) is 18.2 Å². The van der Waals surface area contributed by atoms with E-state index in [4.69, 9.17) is 4.74 Å². The molecule has 2 aromatic carbocycles. The van der Waals surface area contributed by atoms with Gasteiger partial charge in [0.25, 0.3) is 0 Å². The maximum atomic E-state index is 12.9. The molecule has 6 heteroatoms. The minimum atomic E-state index is -0.0707. The number of carbonyl (C=O) groups excluding carboxylic acids is 1. The lowest BCUT2D eigenvalue weighted by molar-refractivity contribution is -0.126. The average molecular weight is 396 g/mol. The molecule has 0 unspecified atom stereocenters. The standard InChI is InChI=1S/C22H25N3O2S/c1-3-4-10-20-21(26)25(16-18-8-6-5-7-9-18)22(28-20)24-23-15-17-11-13-19(27-2)14-12-17/h5-9,11-15,20H,3-4,10,16H2,1-2H3/b23-15-,24-22+/t20-/m0/s1. The summed E-state index contributed by atoms with van der Waals surface area (Å²) in [6.07, 6.45) is 4.67. The highest BCUT2D eigenvalue weighted by molar-refractivity contribution is 8.15. The molecule has 0 N–H and O–H groups in total. The van der Waals surface area contributed by atoms with E-state index >= 15 is 0 Å². The number of ether oxygens (including phenoxy) is 1. The highest BCUT2D eigenvalue weighted by Gasteiger charge is 2.37. The molecule has 0 bridgehead atoms. The summed E-state index contributed by atoms with van der Waals surface area (Å²) >= 11 is 1.52. The van der Waals surface area contributed by atoms with Gasteiger partial charge in [-0.05, 0) is 41.8 Å². The third-order valence-corrected chi connectivity index (χ3v) is 5.72. The molecule has 1 aliphatic heterocycles. The predicted molar refractivity (Wildman–Crippen MR) is 116 cm³/mol. The van der Waals surface area contributed by atoms with Crippen LogP contribution in [-0.4, -0.2) is 34.5 Å². The maximum Gasteiger partial charge on any atom is 0.242 e. The fraction of sp³-hybridized carbons (Fsp3) is 0.318. The number of hydrogen-bond acceptors (Lipinski definition) is 5. The van der Waals surface area contributed by atoms with Crippen LogP contribution in [0.5, 0.6) is 5.75 Å². The summed E-state index contributed by atoms with van der Waals surface area (Å²) in [5.41, 5.74) is 2.01. The Morgan fingerprint density at radius 2 is 1.89 bits per heavy atom. The van der Waals surface area contributed by atoms with E-state index < -0.39 is 0 Å². The van der Waals surface area contributed by atoms with Gasteiger partial charge in [-0.1, -0.05) is 61.9 Å². The number of unbranched alkanes of at least 4 members (excludes halogenated alkanes) is 1. The van der Waals surface area contributed by atoms with Gasteiger partial charge in [0.05, 0.1) is 25.1 Å². The maximum absolute atomic E-state index is 12.9. The van der Waals surface area contributed by atoms with Crippen molar-refractivity contribution in [1.82, 2.24) is 4.90 Å². The lowest BCUT2D eigenvalue weighted by Crippen LogP contribution is -2.31. The second-order valence-electron chi connectivity index (χ2n) is 6.56. The van der Waals surface area contributed by atoms with Crippen molar-refractivity contribution in [3.8, 4) is 5.75 Å². The molecule has 5 nitrogen and oxygen atoms in total. The zero-order valence-electron chi connectivity index (χ0n) is 16.2. The van der Waals surface area contributed by atoms with E-state index in [0.717, 1.165) is 36.1 Å². The van der Waals surface area contributed by atoms with Gasteiger partial charge in [-0.2, -0.15) is 5.10 Å². The van der Waals surface area contributed by atoms with E-state index in [2.05, 4.69) is 17.1 Å². The zero-order valence-corrected chi connectivity index (χ0v) is 17.1. The number of carbonyl (C=O) groups is 1. The molecule has 2 aromatic rings. The number of amides is 1. The first-order valence-electron chi connectivity index (χ1n) is 9.48.